The van der Waals surface area contributed by atoms with E-state index >= 15 is 0 Å². The molecular formula is C21H21Cl2N3O4. The van der Waals surface area contributed by atoms with Crippen LogP contribution in [0.1, 0.15) is 5.56 Å². The number of halogens is 2. The molecule has 0 radical (unpaired) electrons. The zero-order chi connectivity index (χ0) is 21.1. The maximum atomic E-state index is 12.5. The summed E-state index contributed by atoms with van der Waals surface area (Å²) in [7, 11) is 1.57. The summed E-state index contributed by atoms with van der Waals surface area (Å²) < 4.78 is 16.6. The van der Waals surface area contributed by atoms with Crippen LogP contribution in [0.15, 0.2) is 35.3 Å². The van der Waals surface area contributed by atoms with E-state index in [1.807, 2.05) is 23.1 Å². The largest absolute Gasteiger partial charge is 0.493 e. The Morgan fingerprint density at radius 2 is 1.93 bits per heavy atom. The molecule has 4 rings (SSSR count). The molecule has 7 nitrogen and oxygen atoms in total. The molecule has 0 unspecified atom stereocenters. The molecule has 1 amide bonds. The summed E-state index contributed by atoms with van der Waals surface area (Å²) in [5.74, 6) is 0.953. The van der Waals surface area contributed by atoms with Crippen molar-refractivity contribution in [1.29, 1.82) is 0 Å². The number of carbonyl (C=O) groups excluding carboxylic acids is 1. The number of anilines is 2. The van der Waals surface area contributed by atoms with Crippen LogP contribution in [0.3, 0.4) is 0 Å². The first kappa shape index (κ1) is 20.8. The Labute approximate surface area is 184 Å². The molecule has 0 aliphatic carbocycles. The molecule has 0 atom stereocenters. The lowest BCUT2D eigenvalue weighted by Crippen LogP contribution is -2.43. The number of nitrogens with zero attached hydrogens (tertiary/aromatic N) is 3. The normalized spacial score (nSPS) is 15.7. The molecule has 2 aliphatic rings. The third kappa shape index (κ3) is 4.33. The highest BCUT2D eigenvalue weighted by molar-refractivity contribution is 6.42. The third-order valence-electron chi connectivity index (χ3n) is 4.98. The lowest BCUT2D eigenvalue weighted by Gasteiger charge is -2.28. The predicted molar refractivity (Wildman–Crippen MR) is 117 cm³/mol. The van der Waals surface area contributed by atoms with Gasteiger partial charge >= 0.3 is 0 Å². The highest BCUT2D eigenvalue weighted by Crippen LogP contribution is 2.40. The van der Waals surface area contributed by atoms with Crippen LogP contribution in [0.25, 0.3) is 0 Å². The van der Waals surface area contributed by atoms with Gasteiger partial charge < -0.3 is 24.0 Å². The van der Waals surface area contributed by atoms with E-state index in [0.717, 1.165) is 16.9 Å². The number of fused-ring (bicyclic) bond motifs is 1. The minimum atomic E-state index is -0.0824. The Kier molecular flexibility index (Phi) is 6.32. The van der Waals surface area contributed by atoms with Gasteiger partial charge in [-0.25, -0.2) is 0 Å². The van der Waals surface area contributed by atoms with Crippen LogP contribution in [0, 0.1) is 0 Å². The van der Waals surface area contributed by atoms with Crippen LogP contribution in [-0.4, -0.2) is 57.2 Å². The Hall–Kier alpha value is -2.48. The molecule has 0 bridgehead atoms. The summed E-state index contributed by atoms with van der Waals surface area (Å²) in [5.41, 5.74) is 2.65. The van der Waals surface area contributed by atoms with Crippen molar-refractivity contribution >= 4 is 46.8 Å². The van der Waals surface area contributed by atoms with Crippen molar-refractivity contribution in [3.05, 3.63) is 45.9 Å². The Morgan fingerprint density at radius 3 is 2.67 bits per heavy atom. The second kappa shape index (κ2) is 9.12. The third-order valence-corrected chi connectivity index (χ3v) is 5.72. The van der Waals surface area contributed by atoms with Gasteiger partial charge in [-0.3, -0.25) is 9.79 Å². The topological polar surface area (TPSA) is 63.6 Å². The van der Waals surface area contributed by atoms with Crippen LogP contribution in [0.4, 0.5) is 11.4 Å². The fraction of sp³-hybridized carbons (Fsp3) is 0.333. The standard InChI is InChI=1S/C21H21Cl2N3O4/c1-28-19-8-14-11-24-13-26(15-2-3-16(22)17(23)9-15)18(14)10-20(19)30-12-21(27)25-4-6-29-7-5-25/h2-3,8-10,13H,4-7,11-12H2,1H3. The van der Waals surface area contributed by atoms with Gasteiger partial charge in [0.1, 0.15) is 0 Å². The summed E-state index contributed by atoms with van der Waals surface area (Å²) in [5, 5.41) is 0.936. The lowest BCUT2D eigenvalue weighted by atomic mass is 10.1. The highest BCUT2D eigenvalue weighted by atomic mass is 35.5. The summed E-state index contributed by atoms with van der Waals surface area (Å²) in [6, 6.07) is 9.11. The molecule has 1 saturated heterocycles. The number of rotatable bonds is 5. The van der Waals surface area contributed by atoms with E-state index in [2.05, 4.69) is 4.99 Å². The first-order valence-corrected chi connectivity index (χ1v) is 10.3. The number of hydrogen-bond donors (Lipinski definition) is 0. The Morgan fingerprint density at radius 1 is 1.13 bits per heavy atom. The molecule has 9 heteroatoms. The Balaban J connectivity index is 1.59. The van der Waals surface area contributed by atoms with Crippen molar-refractivity contribution in [2.45, 2.75) is 6.54 Å². The first-order valence-electron chi connectivity index (χ1n) is 9.50. The minimum absolute atomic E-state index is 0.0734. The summed E-state index contributed by atoms with van der Waals surface area (Å²) in [4.78, 5) is 20.5. The average molecular weight is 450 g/mol. The molecule has 2 aliphatic heterocycles. The first-order chi connectivity index (χ1) is 14.6. The molecule has 1 fully saturated rings. The van der Waals surface area contributed by atoms with E-state index in [-0.39, 0.29) is 12.5 Å². The molecule has 0 saturated carbocycles. The Bertz CT molecular complexity index is 977. The van der Waals surface area contributed by atoms with Gasteiger partial charge in [0.05, 0.1) is 48.9 Å². The van der Waals surface area contributed by atoms with Crippen molar-refractivity contribution in [2.24, 2.45) is 4.99 Å². The van der Waals surface area contributed by atoms with Crippen LogP contribution < -0.4 is 14.4 Å². The second-order valence-electron chi connectivity index (χ2n) is 6.84. The van der Waals surface area contributed by atoms with E-state index in [1.54, 1.807) is 30.5 Å². The summed E-state index contributed by atoms with van der Waals surface area (Å²) in [6.45, 7) is 2.68. The van der Waals surface area contributed by atoms with Gasteiger partial charge in [0, 0.05) is 30.4 Å². The SMILES string of the molecule is COc1cc2c(cc1OCC(=O)N1CCOCC1)N(c1ccc(Cl)c(Cl)c1)C=NC2. The smallest absolute Gasteiger partial charge is 0.260 e. The molecule has 0 aromatic heterocycles. The fourth-order valence-electron chi connectivity index (χ4n) is 3.38. The average Bonchev–Trinajstić information content (AvgIpc) is 2.78. The molecule has 30 heavy (non-hydrogen) atoms. The fourth-order valence-corrected chi connectivity index (χ4v) is 3.67. The number of hydrogen-bond acceptors (Lipinski definition) is 6. The maximum absolute atomic E-state index is 12.5. The maximum Gasteiger partial charge on any atom is 0.260 e. The number of benzene rings is 2. The number of amides is 1. The molecule has 158 valence electrons. The van der Waals surface area contributed by atoms with Gasteiger partial charge in [-0.05, 0) is 24.3 Å². The van der Waals surface area contributed by atoms with Crippen LogP contribution in [0.5, 0.6) is 11.5 Å². The van der Waals surface area contributed by atoms with E-state index in [1.165, 1.54) is 0 Å². The highest BCUT2D eigenvalue weighted by Gasteiger charge is 2.22. The number of ether oxygens (including phenoxy) is 3. The number of morpholine rings is 1. The van der Waals surface area contributed by atoms with Crippen LogP contribution in [-0.2, 0) is 16.1 Å². The van der Waals surface area contributed by atoms with Gasteiger partial charge in [-0.2, -0.15) is 0 Å². The van der Waals surface area contributed by atoms with Crippen molar-refractivity contribution < 1.29 is 19.0 Å². The summed E-state index contributed by atoms with van der Waals surface area (Å²) >= 11 is 12.3. The van der Waals surface area contributed by atoms with E-state index in [4.69, 9.17) is 37.4 Å². The molecule has 2 aromatic carbocycles. The van der Waals surface area contributed by atoms with Gasteiger partial charge in [-0.1, -0.05) is 23.2 Å². The van der Waals surface area contributed by atoms with E-state index in [9.17, 15) is 4.79 Å². The molecule has 2 aromatic rings. The predicted octanol–water partition coefficient (Wildman–Crippen LogP) is 3.92. The number of aliphatic imine (C=N–C) groups is 1. The van der Waals surface area contributed by atoms with Crippen molar-refractivity contribution in [1.82, 2.24) is 4.90 Å². The van der Waals surface area contributed by atoms with Crippen molar-refractivity contribution in [3.8, 4) is 11.5 Å². The van der Waals surface area contributed by atoms with Crippen LogP contribution in [0.2, 0.25) is 10.0 Å². The molecular weight excluding hydrogens is 429 g/mol. The summed E-state index contributed by atoms with van der Waals surface area (Å²) in [6.07, 6.45) is 1.73. The minimum Gasteiger partial charge on any atom is -0.493 e. The zero-order valence-corrected chi connectivity index (χ0v) is 17.9. The van der Waals surface area contributed by atoms with Crippen molar-refractivity contribution in [3.63, 3.8) is 0 Å². The number of methoxy groups -OCH3 is 1. The van der Waals surface area contributed by atoms with Crippen molar-refractivity contribution in [2.75, 3.05) is 44.9 Å². The molecule has 0 N–H and O–H groups in total. The molecule has 0 spiro atoms. The molecule has 2 heterocycles. The lowest BCUT2D eigenvalue weighted by molar-refractivity contribution is -0.137. The number of carbonyl (C=O) groups is 1. The monoisotopic (exact) mass is 449 g/mol. The van der Waals surface area contributed by atoms with E-state index in [0.29, 0.717) is 54.4 Å². The van der Waals surface area contributed by atoms with E-state index < -0.39 is 0 Å². The quantitative estimate of drug-likeness (QED) is 0.691. The second-order valence-corrected chi connectivity index (χ2v) is 7.65. The van der Waals surface area contributed by atoms with Gasteiger partial charge in [-0.15, -0.1) is 0 Å². The zero-order valence-electron chi connectivity index (χ0n) is 16.4. The van der Waals surface area contributed by atoms with Gasteiger partial charge in [0.15, 0.2) is 18.1 Å². The van der Waals surface area contributed by atoms with Gasteiger partial charge in [0.25, 0.3) is 5.91 Å². The van der Waals surface area contributed by atoms with Gasteiger partial charge in [0.2, 0.25) is 0 Å². The van der Waals surface area contributed by atoms with Crippen LogP contribution >= 0.6 is 23.2 Å².